The predicted molar refractivity (Wildman–Crippen MR) is 45.7 cm³/mol. The molecule has 0 radical (unpaired) electrons. The van der Waals surface area contributed by atoms with Crippen molar-refractivity contribution in [2.45, 2.75) is 38.0 Å². The molecule has 0 heterocycles. The number of carbonyl (C=O) groups is 1. The molecule has 0 spiro atoms. The van der Waals surface area contributed by atoms with Gasteiger partial charge in [-0.3, -0.25) is 4.79 Å². The molecule has 1 fully saturated rings. The summed E-state index contributed by atoms with van der Waals surface area (Å²) in [4.78, 5) is 11.2. The quantitative estimate of drug-likeness (QED) is 0.524. The molecule has 3 N–H and O–H groups in total. The van der Waals surface area contributed by atoms with Crippen LogP contribution in [0.25, 0.3) is 0 Å². The van der Waals surface area contributed by atoms with E-state index in [1.165, 1.54) is 0 Å². The highest BCUT2D eigenvalue weighted by atomic mass is 16.3. The maximum atomic E-state index is 11.2. The van der Waals surface area contributed by atoms with Crippen LogP contribution in [-0.2, 0) is 4.79 Å². The topological polar surface area (TPSA) is 61.4 Å². The van der Waals surface area contributed by atoms with Crippen molar-refractivity contribution in [3.63, 3.8) is 0 Å². The van der Waals surface area contributed by atoms with E-state index in [-0.39, 0.29) is 24.1 Å². The van der Waals surface area contributed by atoms with E-state index < -0.39 is 0 Å². The minimum Gasteiger partial charge on any atom is -0.393 e. The Morgan fingerprint density at radius 1 is 1.58 bits per heavy atom. The number of carbonyl (C=O) groups excluding carboxylic acids is 1. The van der Waals surface area contributed by atoms with Crippen LogP contribution in [0.1, 0.15) is 19.8 Å². The first-order valence-corrected chi connectivity index (χ1v) is 4.29. The van der Waals surface area contributed by atoms with Gasteiger partial charge >= 0.3 is 0 Å². The van der Waals surface area contributed by atoms with Gasteiger partial charge in [0.1, 0.15) is 0 Å². The maximum Gasteiger partial charge on any atom is 0.237 e. The second kappa shape index (κ2) is 3.87. The third-order valence-electron chi connectivity index (χ3n) is 2.29. The van der Waals surface area contributed by atoms with Crippen molar-refractivity contribution in [3.8, 4) is 0 Å². The summed E-state index contributed by atoms with van der Waals surface area (Å²) in [5.74, 6) is 0.00870. The van der Waals surface area contributed by atoms with Crippen molar-refractivity contribution >= 4 is 5.91 Å². The van der Waals surface area contributed by atoms with Crippen LogP contribution in [0.4, 0.5) is 0 Å². The van der Waals surface area contributed by atoms with Crippen molar-refractivity contribution in [3.05, 3.63) is 0 Å². The molecule has 1 unspecified atom stereocenters. The number of likely N-dealkylation sites (N-methyl/N-ethyl adjacent to an activating group) is 1. The molecule has 1 saturated carbocycles. The van der Waals surface area contributed by atoms with Crippen molar-refractivity contribution < 1.29 is 9.90 Å². The molecule has 70 valence electrons. The Labute approximate surface area is 72.3 Å². The number of hydrogen-bond donors (Lipinski definition) is 3. The number of aliphatic hydroxyl groups is 1. The minimum atomic E-state index is -0.208. The van der Waals surface area contributed by atoms with Crippen LogP contribution >= 0.6 is 0 Å². The van der Waals surface area contributed by atoms with Crippen molar-refractivity contribution in [1.29, 1.82) is 0 Å². The minimum absolute atomic E-state index is 0.00870. The smallest absolute Gasteiger partial charge is 0.237 e. The highest BCUT2D eigenvalue weighted by molar-refractivity contribution is 5.81. The molecule has 4 heteroatoms. The Morgan fingerprint density at radius 2 is 2.17 bits per heavy atom. The highest BCUT2D eigenvalue weighted by Crippen LogP contribution is 2.19. The fourth-order valence-electron chi connectivity index (χ4n) is 1.16. The van der Waals surface area contributed by atoms with Gasteiger partial charge in [0, 0.05) is 6.04 Å². The number of rotatable bonds is 3. The third-order valence-corrected chi connectivity index (χ3v) is 2.29. The van der Waals surface area contributed by atoms with Crippen LogP contribution < -0.4 is 10.6 Å². The van der Waals surface area contributed by atoms with Gasteiger partial charge in [-0.15, -0.1) is 0 Å². The first-order chi connectivity index (χ1) is 5.63. The highest BCUT2D eigenvalue weighted by Gasteiger charge is 2.29. The van der Waals surface area contributed by atoms with Crippen molar-refractivity contribution in [2.24, 2.45) is 0 Å². The molecule has 0 saturated heterocycles. The van der Waals surface area contributed by atoms with E-state index in [9.17, 15) is 4.79 Å². The lowest BCUT2D eigenvalue weighted by atomic mass is 9.89. The van der Waals surface area contributed by atoms with E-state index in [4.69, 9.17) is 5.11 Å². The average molecular weight is 172 g/mol. The molecule has 12 heavy (non-hydrogen) atoms. The Balaban J connectivity index is 2.18. The SMILES string of the molecule is CNC(C)C(=O)NC1CC(O)C1. The summed E-state index contributed by atoms with van der Waals surface area (Å²) < 4.78 is 0. The zero-order valence-electron chi connectivity index (χ0n) is 7.50. The molecule has 0 bridgehead atoms. The van der Waals surface area contributed by atoms with Crippen LogP contribution in [0, 0.1) is 0 Å². The Kier molecular flexibility index (Phi) is 3.05. The normalized spacial score (nSPS) is 30.6. The molecular formula is C8H16N2O2. The predicted octanol–water partition coefficient (Wildman–Crippen LogP) is -0.766. The molecule has 1 aliphatic rings. The largest absolute Gasteiger partial charge is 0.393 e. The Bertz CT molecular complexity index is 166. The monoisotopic (exact) mass is 172 g/mol. The molecule has 0 aliphatic heterocycles. The molecule has 4 nitrogen and oxygen atoms in total. The van der Waals surface area contributed by atoms with Gasteiger partial charge in [0.05, 0.1) is 12.1 Å². The number of nitrogens with one attached hydrogen (secondary N) is 2. The van der Waals surface area contributed by atoms with E-state index in [1.54, 1.807) is 7.05 Å². The van der Waals surface area contributed by atoms with Crippen LogP contribution in [0.15, 0.2) is 0 Å². The summed E-state index contributed by atoms with van der Waals surface area (Å²) in [7, 11) is 1.75. The number of amides is 1. The lowest BCUT2D eigenvalue weighted by Crippen LogP contribution is -2.51. The first kappa shape index (κ1) is 9.48. The van der Waals surface area contributed by atoms with Gasteiger partial charge in [-0.05, 0) is 26.8 Å². The summed E-state index contributed by atoms with van der Waals surface area (Å²) in [5.41, 5.74) is 0. The average Bonchev–Trinajstić information content (AvgIpc) is 2.00. The Hall–Kier alpha value is -0.610. The van der Waals surface area contributed by atoms with Crippen LogP contribution in [0.5, 0.6) is 0 Å². The van der Waals surface area contributed by atoms with Gasteiger partial charge in [-0.2, -0.15) is 0 Å². The van der Waals surface area contributed by atoms with Crippen molar-refractivity contribution in [2.75, 3.05) is 7.05 Å². The summed E-state index contributed by atoms with van der Waals surface area (Å²) in [5, 5.41) is 14.7. The standard InChI is InChI=1S/C8H16N2O2/c1-5(9-2)8(12)10-6-3-7(11)4-6/h5-7,9,11H,3-4H2,1-2H3,(H,10,12). The number of aliphatic hydroxyl groups excluding tert-OH is 1. The fraction of sp³-hybridized carbons (Fsp3) is 0.875. The number of hydrogen-bond acceptors (Lipinski definition) is 3. The lowest BCUT2D eigenvalue weighted by molar-refractivity contribution is -0.124. The fourth-order valence-corrected chi connectivity index (χ4v) is 1.16. The molecule has 0 aromatic carbocycles. The van der Waals surface area contributed by atoms with E-state index >= 15 is 0 Å². The summed E-state index contributed by atoms with van der Waals surface area (Å²) in [6.07, 6.45) is 1.19. The van der Waals surface area contributed by atoms with E-state index in [1.807, 2.05) is 6.92 Å². The van der Waals surface area contributed by atoms with Crippen molar-refractivity contribution in [1.82, 2.24) is 10.6 Å². The molecular weight excluding hydrogens is 156 g/mol. The van der Waals surface area contributed by atoms with Gasteiger partial charge in [-0.25, -0.2) is 0 Å². The van der Waals surface area contributed by atoms with Gasteiger partial charge in [0.2, 0.25) is 5.91 Å². The van der Waals surface area contributed by atoms with Crippen LogP contribution in [-0.4, -0.2) is 36.2 Å². The van der Waals surface area contributed by atoms with Gasteiger partial charge in [0.15, 0.2) is 0 Å². The first-order valence-electron chi connectivity index (χ1n) is 4.29. The van der Waals surface area contributed by atoms with E-state index in [0.717, 1.165) is 0 Å². The maximum absolute atomic E-state index is 11.2. The summed E-state index contributed by atoms with van der Waals surface area (Å²) in [6.45, 7) is 1.81. The zero-order valence-corrected chi connectivity index (χ0v) is 7.50. The summed E-state index contributed by atoms with van der Waals surface area (Å²) >= 11 is 0. The lowest BCUT2D eigenvalue weighted by Gasteiger charge is -2.32. The summed E-state index contributed by atoms with van der Waals surface area (Å²) in [6, 6.07) is 0.0334. The molecule has 1 rings (SSSR count). The molecule has 0 aromatic heterocycles. The Morgan fingerprint density at radius 3 is 2.58 bits per heavy atom. The van der Waals surface area contributed by atoms with E-state index in [0.29, 0.717) is 12.8 Å². The van der Waals surface area contributed by atoms with Gasteiger partial charge in [0.25, 0.3) is 0 Å². The molecule has 1 amide bonds. The van der Waals surface area contributed by atoms with Gasteiger partial charge in [-0.1, -0.05) is 0 Å². The molecule has 0 aromatic rings. The van der Waals surface area contributed by atoms with Crippen LogP contribution in [0.3, 0.4) is 0 Å². The third kappa shape index (κ3) is 2.19. The van der Waals surface area contributed by atoms with Crippen LogP contribution in [0.2, 0.25) is 0 Å². The van der Waals surface area contributed by atoms with E-state index in [2.05, 4.69) is 10.6 Å². The molecule has 1 atom stereocenters. The molecule has 1 aliphatic carbocycles. The second-order valence-corrected chi connectivity index (χ2v) is 3.34. The van der Waals surface area contributed by atoms with Gasteiger partial charge < -0.3 is 15.7 Å². The zero-order chi connectivity index (χ0) is 9.14. The second-order valence-electron chi connectivity index (χ2n) is 3.34.